The van der Waals surface area contributed by atoms with Crippen molar-refractivity contribution in [3.05, 3.63) is 42.1 Å². The Morgan fingerprint density at radius 3 is 2.62 bits per heavy atom. The number of aromatic nitrogens is 1. The molecule has 21 heavy (non-hydrogen) atoms. The van der Waals surface area contributed by atoms with Gasteiger partial charge >= 0.3 is 0 Å². The van der Waals surface area contributed by atoms with Crippen molar-refractivity contribution in [3.63, 3.8) is 0 Å². The number of hydrogen-bond donors (Lipinski definition) is 2. The quantitative estimate of drug-likeness (QED) is 0.879. The minimum Gasteiger partial charge on any atom is -0.368 e. The first-order valence-corrected chi connectivity index (χ1v) is 6.99. The summed E-state index contributed by atoms with van der Waals surface area (Å²) in [6.07, 6.45) is 0.749. The van der Waals surface area contributed by atoms with E-state index in [0.29, 0.717) is 0 Å². The predicted molar refractivity (Wildman–Crippen MR) is 81.6 cm³/mol. The molecule has 110 valence electrons. The summed E-state index contributed by atoms with van der Waals surface area (Å²) < 4.78 is 0. The number of primary amides is 1. The van der Waals surface area contributed by atoms with Crippen LogP contribution in [0.5, 0.6) is 0 Å². The van der Waals surface area contributed by atoms with Crippen LogP contribution in [0.1, 0.15) is 30.8 Å². The zero-order valence-electron chi connectivity index (χ0n) is 12.2. The SMILES string of the molecule is CC[C@H](C)[C@H](NC(=O)c1ccc2ccccc2n1)C(N)=O. The Balaban J connectivity index is 2.23. The average molecular weight is 285 g/mol. The van der Waals surface area contributed by atoms with Crippen LogP contribution in [0.15, 0.2) is 36.4 Å². The van der Waals surface area contributed by atoms with Gasteiger partial charge in [-0.15, -0.1) is 0 Å². The summed E-state index contributed by atoms with van der Waals surface area (Å²) >= 11 is 0. The van der Waals surface area contributed by atoms with Crippen molar-refractivity contribution in [1.29, 1.82) is 0 Å². The molecule has 0 fully saturated rings. The molecule has 3 N–H and O–H groups in total. The topological polar surface area (TPSA) is 85.1 Å². The van der Waals surface area contributed by atoms with Crippen LogP contribution >= 0.6 is 0 Å². The van der Waals surface area contributed by atoms with Crippen LogP contribution in [0.3, 0.4) is 0 Å². The first-order chi connectivity index (χ1) is 10.0. The van der Waals surface area contributed by atoms with Gasteiger partial charge in [0.25, 0.3) is 5.91 Å². The second-order valence-corrected chi connectivity index (χ2v) is 5.13. The van der Waals surface area contributed by atoms with Crippen molar-refractivity contribution < 1.29 is 9.59 Å². The number of pyridine rings is 1. The van der Waals surface area contributed by atoms with Gasteiger partial charge in [-0.3, -0.25) is 9.59 Å². The monoisotopic (exact) mass is 285 g/mol. The van der Waals surface area contributed by atoms with Gasteiger partial charge < -0.3 is 11.1 Å². The van der Waals surface area contributed by atoms with E-state index in [1.807, 2.05) is 44.2 Å². The third-order valence-electron chi connectivity index (χ3n) is 3.64. The van der Waals surface area contributed by atoms with Crippen LogP contribution in [-0.4, -0.2) is 22.8 Å². The lowest BCUT2D eigenvalue weighted by Crippen LogP contribution is -2.48. The molecule has 1 aromatic heterocycles. The lowest BCUT2D eigenvalue weighted by molar-refractivity contribution is -0.120. The minimum atomic E-state index is -0.684. The summed E-state index contributed by atoms with van der Waals surface area (Å²) in [5.41, 5.74) is 6.38. The summed E-state index contributed by atoms with van der Waals surface area (Å²) in [5, 5.41) is 3.63. The van der Waals surface area contributed by atoms with Gasteiger partial charge in [0, 0.05) is 5.39 Å². The standard InChI is InChI=1S/C16H19N3O2/c1-3-10(2)14(15(17)20)19-16(21)13-9-8-11-6-4-5-7-12(11)18-13/h4-10,14H,3H2,1-2H3,(H2,17,20)(H,19,21)/t10-,14-/m0/s1. The maximum atomic E-state index is 12.2. The summed E-state index contributed by atoms with van der Waals surface area (Å²) in [5.74, 6) is -0.935. The fourth-order valence-corrected chi connectivity index (χ4v) is 2.14. The van der Waals surface area contributed by atoms with Gasteiger partial charge in [-0.25, -0.2) is 4.98 Å². The van der Waals surface area contributed by atoms with Crippen LogP contribution in [0.4, 0.5) is 0 Å². The van der Waals surface area contributed by atoms with E-state index in [1.54, 1.807) is 6.07 Å². The molecule has 2 aromatic rings. The summed E-state index contributed by atoms with van der Waals surface area (Å²) in [4.78, 5) is 28.0. The number of hydrogen-bond acceptors (Lipinski definition) is 3. The molecule has 5 nitrogen and oxygen atoms in total. The Kier molecular flexibility index (Phi) is 4.52. The van der Waals surface area contributed by atoms with Crippen LogP contribution in [-0.2, 0) is 4.79 Å². The van der Waals surface area contributed by atoms with E-state index in [9.17, 15) is 9.59 Å². The molecule has 2 rings (SSSR count). The largest absolute Gasteiger partial charge is 0.368 e. The zero-order chi connectivity index (χ0) is 15.4. The average Bonchev–Trinajstić information content (AvgIpc) is 2.50. The molecule has 0 aliphatic heterocycles. The molecule has 0 bridgehead atoms. The summed E-state index contributed by atoms with van der Waals surface area (Å²) in [7, 11) is 0. The molecular formula is C16H19N3O2. The van der Waals surface area contributed by atoms with Gasteiger partial charge in [0.1, 0.15) is 11.7 Å². The van der Waals surface area contributed by atoms with Crippen molar-refractivity contribution in [2.75, 3.05) is 0 Å². The van der Waals surface area contributed by atoms with Gasteiger partial charge in [0.2, 0.25) is 5.91 Å². The molecule has 2 amide bonds. The normalized spacial score (nSPS) is 13.6. The van der Waals surface area contributed by atoms with E-state index >= 15 is 0 Å². The second-order valence-electron chi connectivity index (χ2n) is 5.13. The summed E-state index contributed by atoms with van der Waals surface area (Å²) in [6.45, 7) is 3.82. The van der Waals surface area contributed by atoms with Gasteiger partial charge in [-0.1, -0.05) is 44.5 Å². The highest BCUT2D eigenvalue weighted by Crippen LogP contribution is 2.13. The molecule has 2 atom stereocenters. The van der Waals surface area contributed by atoms with E-state index in [2.05, 4.69) is 10.3 Å². The number of carbonyl (C=O) groups excluding carboxylic acids is 2. The second kappa shape index (κ2) is 6.35. The molecule has 5 heteroatoms. The zero-order valence-corrected chi connectivity index (χ0v) is 12.2. The number of amides is 2. The molecule has 0 saturated carbocycles. The highest BCUT2D eigenvalue weighted by atomic mass is 16.2. The van der Waals surface area contributed by atoms with Crippen LogP contribution < -0.4 is 11.1 Å². The lowest BCUT2D eigenvalue weighted by Gasteiger charge is -2.20. The Morgan fingerprint density at radius 1 is 1.24 bits per heavy atom. The number of nitrogens with one attached hydrogen (secondary N) is 1. The maximum Gasteiger partial charge on any atom is 0.270 e. The fourth-order valence-electron chi connectivity index (χ4n) is 2.14. The van der Waals surface area contributed by atoms with Gasteiger partial charge in [-0.2, -0.15) is 0 Å². The number of rotatable bonds is 5. The third kappa shape index (κ3) is 3.37. The Hall–Kier alpha value is -2.43. The number of nitrogens with zero attached hydrogens (tertiary/aromatic N) is 1. The minimum absolute atomic E-state index is 0.0214. The summed E-state index contributed by atoms with van der Waals surface area (Å²) in [6, 6.07) is 10.3. The Labute approximate surface area is 123 Å². The molecule has 0 unspecified atom stereocenters. The van der Waals surface area contributed by atoms with Crippen molar-refractivity contribution in [2.24, 2.45) is 11.7 Å². The molecular weight excluding hydrogens is 266 g/mol. The highest BCUT2D eigenvalue weighted by Gasteiger charge is 2.24. The number of benzene rings is 1. The van der Waals surface area contributed by atoms with E-state index in [4.69, 9.17) is 5.73 Å². The van der Waals surface area contributed by atoms with Crippen molar-refractivity contribution in [3.8, 4) is 0 Å². The molecule has 0 aliphatic carbocycles. The lowest BCUT2D eigenvalue weighted by atomic mass is 9.98. The van der Waals surface area contributed by atoms with Crippen LogP contribution in [0.25, 0.3) is 10.9 Å². The van der Waals surface area contributed by atoms with Crippen LogP contribution in [0.2, 0.25) is 0 Å². The van der Waals surface area contributed by atoms with E-state index in [-0.39, 0.29) is 17.5 Å². The Morgan fingerprint density at radius 2 is 1.95 bits per heavy atom. The van der Waals surface area contributed by atoms with E-state index < -0.39 is 11.9 Å². The van der Waals surface area contributed by atoms with E-state index in [1.165, 1.54) is 0 Å². The highest BCUT2D eigenvalue weighted by molar-refractivity contribution is 5.97. The van der Waals surface area contributed by atoms with Gasteiger partial charge in [-0.05, 0) is 18.1 Å². The number of carbonyl (C=O) groups is 2. The first kappa shape index (κ1) is 15.0. The van der Waals surface area contributed by atoms with Gasteiger partial charge in [0.05, 0.1) is 5.52 Å². The van der Waals surface area contributed by atoms with Gasteiger partial charge in [0.15, 0.2) is 0 Å². The molecule has 0 radical (unpaired) electrons. The van der Waals surface area contributed by atoms with Crippen LogP contribution in [0, 0.1) is 5.92 Å². The number of para-hydroxylation sites is 1. The van der Waals surface area contributed by atoms with Crippen molar-refractivity contribution in [2.45, 2.75) is 26.3 Å². The molecule has 0 aliphatic rings. The maximum absolute atomic E-state index is 12.2. The van der Waals surface area contributed by atoms with E-state index in [0.717, 1.165) is 17.3 Å². The number of fused-ring (bicyclic) bond motifs is 1. The molecule has 0 saturated heterocycles. The number of nitrogens with two attached hydrogens (primary N) is 1. The molecule has 1 aromatic carbocycles. The Bertz CT molecular complexity index is 669. The van der Waals surface area contributed by atoms with Crippen molar-refractivity contribution in [1.82, 2.24) is 10.3 Å². The third-order valence-corrected chi connectivity index (χ3v) is 3.64. The molecule has 1 heterocycles. The smallest absolute Gasteiger partial charge is 0.270 e. The molecule has 0 spiro atoms. The fraction of sp³-hybridized carbons (Fsp3) is 0.312. The van der Waals surface area contributed by atoms with Crippen molar-refractivity contribution >= 4 is 22.7 Å². The first-order valence-electron chi connectivity index (χ1n) is 6.99. The predicted octanol–water partition coefficient (Wildman–Crippen LogP) is 1.86.